The van der Waals surface area contributed by atoms with Gasteiger partial charge in [-0.05, 0) is 47.5 Å². The summed E-state index contributed by atoms with van der Waals surface area (Å²) < 4.78 is 0.942. The van der Waals surface area contributed by atoms with Gasteiger partial charge in [0.25, 0.3) is 0 Å². The zero-order chi connectivity index (χ0) is 10.6. The molecule has 0 heterocycles. The van der Waals surface area contributed by atoms with Gasteiger partial charge in [-0.1, -0.05) is 6.92 Å². The number of nitrogens with zero attached hydrogens (tertiary/aromatic N) is 1. The summed E-state index contributed by atoms with van der Waals surface area (Å²) in [7, 11) is 0. The Morgan fingerprint density at radius 1 is 1.57 bits per heavy atom. The molecule has 0 aromatic heterocycles. The number of nitrogens with one attached hydrogen (secondary N) is 1. The molecule has 1 aromatic rings. The molecule has 0 unspecified atom stereocenters. The summed E-state index contributed by atoms with van der Waals surface area (Å²) in [5.74, 6) is 0. The van der Waals surface area contributed by atoms with E-state index in [4.69, 9.17) is 5.26 Å². The summed E-state index contributed by atoms with van der Waals surface area (Å²) in [6, 6.07) is 8.11. The largest absolute Gasteiger partial charge is 0.382 e. The summed E-state index contributed by atoms with van der Waals surface area (Å²) in [6.07, 6.45) is 1.08. The van der Waals surface area contributed by atoms with Gasteiger partial charge in [0.15, 0.2) is 0 Å². The van der Waals surface area contributed by atoms with Crippen molar-refractivity contribution < 1.29 is 0 Å². The van der Waals surface area contributed by atoms with Crippen LogP contribution in [0.25, 0.3) is 0 Å². The average Bonchev–Trinajstić information content (AvgIpc) is 2.20. The van der Waals surface area contributed by atoms with E-state index in [-0.39, 0.29) is 0 Å². The molecule has 0 saturated carbocycles. The number of nitriles is 1. The Kier molecular flexibility index (Phi) is 3.97. The first-order valence-electron chi connectivity index (χ1n) is 4.63. The maximum absolute atomic E-state index is 8.69. The predicted molar refractivity (Wildman–Crippen MR) is 62.2 cm³/mol. The normalized spacial score (nSPS) is 11.9. The van der Waals surface area contributed by atoms with Crippen LogP contribution in [0.2, 0.25) is 0 Å². The highest BCUT2D eigenvalue weighted by atomic mass is 79.9. The second kappa shape index (κ2) is 5.02. The molecule has 1 rings (SSSR count). The van der Waals surface area contributed by atoms with Crippen LogP contribution in [0.4, 0.5) is 5.69 Å². The van der Waals surface area contributed by atoms with E-state index in [1.54, 1.807) is 0 Å². The van der Waals surface area contributed by atoms with Crippen molar-refractivity contribution in [3.63, 3.8) is 0 Å². The molecule has 0 amide bonds. The van der Waals surface area contributed by atoms with Gasteiger partial charge >= 0.3 is 0 Å². The monoisotopic (exact) mass is 252 g/mol. The number of benzene rings is 1. The van der Waals surface area contributed by atoms with Crippen molar-refractivity contribution in [1.82, 2.24) is 0 Å². The fourth-order valence-electron chi connectivity index (χ4n) is 1.07. The lowest BCUT2D eigenvalue weighted by Gasteiger charge is -2.14. The zero-order valence-corrected chi connectivity index (χ0v) is 9.93. The maximum atomic E-state index is 8.69. The van der Waals surface area contributed by atoms with Gasteiger partial charge in [0.1, 0.15) is 0 Å². The SMILES string of the molecule is CC[C@@H](C)Nc1ccc(C#N)cc1Br. The van der Waals surface area contributed by atoms with Crippen LogP contribution in [0.3, 0.4) is 0 Å². The number of halogens is 1. The predicted octanol–water partition coefficient (Wildman–Crippen LogP) is 3.53. The molecule has 2 nitrogen and oxygen atoms in total. The van der Waals surface area contributed by atoms with Gasteiger partial charge < -0.3 is 5.32 Å². The molecule has 0 aliphatic carbocycles. The Bertz CT molecular complexity index is 355. The molecule has 0 aliphatic heterocycles. The Labute approximate surface area is 93.1 Å². The first-order valence-corrected chi connectivity index (χ1v) is 5.43. The quantitative estimate of drug-likeness (QED) is 0.894. The Hall–Kier alpha value is -1.01. The molecular weight excluding hydrogens is 240 g/mol. The Morgan fingerprint density at radius 2 is 2.29 bits per heavy atom. The highest BCUT2D eigenvalue weighted by Gasteiger charge is 2.03. The molecule has 1 aromatic carbocycles. The molecule has 1 atom stereocenters. The van der Waals surface area contributed by atoms with Crippen LogP contribution in [-0.4, -0.2) is 6.04 Å². The molecule has 0 aliphatic rings. The molecule has 0 spiro atoms. The lowest BCUT2D eigenvalue weighted by molar-refractivity contribution is 0.763. The Morgan fingerprint density at radius 3 is 2.79 bits per heavy atom. The van der Waals surface area contributed by atoms with Gasteiger partial charge in [-0.25, -0.2) is 0 Å². The van der Waals surface area contributed by atoms with Crippen molar-refractivity contribution in [2.24, 2.45) is 0 Å². The summed E-state index contributed by atoms with van der Waals surface area (Å²) in [5.41, 5.74) is 1.71. The molecule has 3 heteroatoms. The number of hydrogen-bond donors (Lipinski definition) is 1. The van der Waals surface area contributed by atoms with Crippen LogP contribution >= 0.6 is 15.9 Å². The fraction of sp³-hybridized carbons (Fsp3) is 0.364. The summed E-state index contributed by atoms with van der Waals surface area (Å²) >= 11 is 3.43. The van der Waals surface area contributed by atoms with E-state index in [1.165, 1.54) is 0 Å². The van der Waals surface area contributed by atoms with Gasteiger partial charge in [0.2, 0.25) is 0 Å². The number of anilines is 1. The third kappa shape index (κ3) is 2.74. The standard InChI is InChI=1S/C11H13BrN2/c1-3-8(2)14-11-5-4-9(7-13)6-10(11)12/h4-6,8,14H,3H2,1-2H3/t8-/m1/s1. The van der Waals surface area contributed by atoms with Crippen LogP contribution in [0.15, 0.2) is 22.7 Å². The first-order chi connectivity index (χ1) is 6.67. The van der Waals surface area contributed by atoms with E-state index in [0.29, 0.717) is 11.6 Å². The van der Waals surface area contributed by atoms with Gasteiger partial charge in [0, 0.05) is 16.2 Å². The molecular formula is C11H13BrN2. The van der Waals surface area contributed by atoms with Gasteiger partial charge in [-0.2, -0.15) is 5.26 Å². The van der Waals surface area contributed by atoms with Crippen molar-refractivity contribution in [3.8, 4) is 6.07 Å². The van der Waals surface area contributed by atoms with Crippen LogP contribution in [0.5, 0.6) is 0 Å². The molecule has 0 saturated heterocycles. The molecule has 74 valence electrons. The first kappa shape index (κ1) is 11.1. The lowest BCUT2D eigenvalue weighted by Crippen LogP contribution is -2.13. The van der Waals surface area contributed by atoms with Crippen molar-refractivity contribution in [2.75, 3.05) is 5.32 Å². The number of rotatable bonds is 3. The summed E-state index contributed by atoms with van der Waals surface area (Å²) in [5, 5.41) is 12.0. The molecule has 14 heavy (non-hydrogen) atoms. The minimum atomic E-state index is 0.444. The van der Waals surface area contributed by atoms with Crippen LogP contribution < -0.4 is 5.32 Å². The van der Waals surface area contributed by atoms with E-state index in [2.05, 4.69) is 41.2 Å². The van der Waals surface area contributed by atoms with E-state index < -0.39 is 0 Å². The smallest absolute Gasteiger partial charge is 0.0992 e. The van der Waals surface area contributed by atoms with Crippen LogP contribution in [0.1, 0.15) is 25.8 Å². The third-order valence-corrected chi connectivity index (χ3v) is 2.77. The van der Waals surface area contributed by atoms with Crippen LogP contribution in [-0.2, 0) is 0 Å². The Balaban J connectivity index is 2.85. The topological polar surface area (TPSA) is 35.8 Å². The van der Waals surface area contributed by atoms with E-state index in [0.717, 1.165) is 16.6 Å². The van der Waals surface area contributed by atoms with Crippen molar-refractivity contribution in [1.29, 1.82) is 5.26 Å². The fourth-order valence-corrected chi connectivity index (χ4v) is 1.56. The van der Waals surface area contributed by atoms with Gasteiger partial charge in [0.05, 0.1) is 11.6 Å². The van der Waals surface area contributed by atoms with Gasteiger partial charge in [-0.15, -0.1) is 0 Å². The third-order valence-electron chi connectivity index (χ3n) is 2.11. The lowest BCUT2D eigenvalue weighted by atomic mass is 10.2. The summed E-state index contributed by atoms with van der Waals surface area (Å²) in [4.78, 5) is 0. The van der Waals surface area contributed by atoms with Crippen molar-refractivity contribution >= 4 is 21.6 Å². The second-order valence-corrected chi connectivity index (χ2v) is 4.11. The average molecular weight is 253 g/mol. The molecule has 0 radical (unpaired) electrons. The maximum Gasteiger partial charge on any atom is 0.0992 e. The number of hydrogen-bond acceptors (Lipinski definition) is 2. The minimum absolute atomic E-state index is 0.444. The van der Waals surface area contributed by atoms with Crippen molar-refractivity contribution in [3.05, 3.63) is 28.2 Å². The highest BCUT2D eigenvalue weighted by molar-refractivity contribution is 9.10. The van der Waals surface area contributed by atoms with E-state index in [9.17, 15) is 0 Å². The molecule has 0 bridgehead atoms. The highest BCUT2D eigenvalue weighted by Crippen LogP contribution is 2.24. The molecule has 0 fully saturated rings. The molecule has 1 N–H and O–H groups in total. The minimum Gasteiger partial charge on any atom is -0.382 e. The van der Waals surface area contributed by atoms with E-state index in [1.807, 2.05) is 18.2 Å². The van der Waals surface area contributed by atoms with E-state index >= 15 is 0 Å². The second-order valence-electron chi connectivity index (χ2n) is 3.26. The summed E-state index contributed by atoms with van der Waals surface area (Å²) in [6.45, 7) is 4.26. The van der Waals surface area contributed by atoms with Crippen molar-refractivity contribution in [2.45, 2.75) is 26.3 Å². The van der Waals surface area contributed by atoms with Crippen LogP contribution in [0, 0.1) is 11.3 Å². The van der Waals surface area contributed by atoms with Gasteiger partial charge in [-0.3, -0.25) is 0 Å². The zero-order valence-electron chi connectivity index (χ0n) is 8.34.